The molecule has 0 aliphatic carbocycles. The molecule has 0 aromatic heterocycles. The van der Waals surface area contributed by atoms with Gasteiger partial charge in [0.1, 0.15) is 0 Å². The van der Waals surface area contributed by atoms with Crippen LogP contribution in [0.25, 0.3) is 0 Å². The number of amides is 1. The summed E-state index contributed by atoms with van der Waals surface area (Å²) in [5.41, 5.74) is 6.93. The van der Waals surface area contributed by atoms with Crippen molar-refractivity contribution < 1.29 is 4.79 Å². The average molecular weight is 328 g/mol. The monoisotopic (exact) mass is 327 g/mol. The third-order valence-electron chi connectivity index (χ3n) is 2.74. The Labute approximate surface area is 123 Å². The summed E-state index contributed by atoms with van der Waals surface area (Å²) in [5.74, 6) is -0.106. The molecule has 4 nitrogen and oxygen atoms in total. The fourth-order valence-electron chi connectivity index (χ4n) is 2.05. The maximum absolute atomic E-state index is 12.1. The fourth-order valence-corrected chi connectivity index (χ4v) is 2.50. The second-order valence-electron chi connectivity index (χ2n) is 5.79. The third kappa shape index (κ3) is 4.84. The SMILES string of the molecule is CN(C)CC(C)(C)CNC(=O)c1cccc(N)c1Br. The summed E-state index contributed by atoms with van der Waals surface area (Å²) in [6.07, 6.45) is 0. The lowest BCUT2D eigenvalue weighted by atomic mass is 9.93. The summed E-state index contributed by atoms with van der Waals surface area (Å²) in [6, 6.07) is 5.30. The molecule has 0 heterocycles. The summed E-state index contributed by atoms with van der Waals surface area (Å²) in [7, 11) is 4.05. The lowest BCUT2D eigenvalue weighted by Gasteiger charge is -2.28. The number of carbonyl (C=O) groups is 1. The number of nitrogen functional groups attached to an aromatic ring is 1. The van der Waals surface area contributed by atoms with E-state index in [2.05, 4.69) is 40.0 Å². The first-order valence-corrected chi connectivity index (χ1v) is 6.99. The number of nitrogens with two attached hydrogens (primary N) is 1. The standard InChI is InChI=1S/C14H22BrN3O/c1-14(2,9-18(3)4)8-17-13(19)10-6-5-7-11(16)12(10)15/h5-7H,8-9,16H2,1-4H3,(H,17,19). The van der Waals surface area contributed by atoms with Gasteiger partial charge in [-0.1, -0.05) is 19.9 Å². The van der Waals surface area contributed by atoms with Gasteiger partial charge in [-0.2, -0.15) is 0 Å². The van der Waals surface area contributed by atoms with Crippen LogP contribution in [-0.4, -0.2) is 38.0 Å². The normalized spacial score (nSPS) is 11.7. The Morgan fingerprint density at radius 1 is 1.42 bits per heavy atom. The summed E-state index contributed by atoms with van der Waals surface area (Å²) in [5, 5.41) is 2.96. The number of nitrogens with one attached hydrogen (secondary N) is 1. The van der Waals surface area contributed by atoms with Crippen LogP contribution in [0.3, 0.4) is 0 Å². The van der Waals surface area contributed by atoms with Gasteiger partial charge in [-0.25, -0.2) is 0 Å². The van der Waals surface area contributed by atoms with E-state index in [1.165, 1.54) is 0 Å². The predicted octanol–water partition coefficient (Wildman–Crippen LogP) is 2.35. The number of rotatable bonds is 5. The molecule has 0 aliphatic rings. The highest BCUT2D eigenvalue weighted by molar-refractivity contribution is 9.10. The Morgan fingerprint density at radius 3 is 2.63 bits per heavy atom. The molecule has 0 saturated heterocycles. The van der Waals surface area contributed by atoms with Gasteiger partial charge in [0.25, 0.3) is 5.91 Å². The molecule has 19 heavy (non-hydrogen) atoms. The third-order valence-corrected chi connectivity index (χ3v) is 3.63. The van der Waals surface area contributed by atoms with E-state index in [1.54, 1.807) is 18.2 Å². The van der Waals surface area contributed by atoms with Crippen LogP contribution in [0.1, 0.15) is 24.2 Å². The zero-order valence-corrected chi connectivity index (χ0v) is 13.5. The van der Waals surface area contributed by atoms with E-state index in [9.17, 15) is 4.79 Å². The molecule has 106 valence electrons. The van der Waals surface area contributed by atoms with Crippen molar-refractivity contribution in [2.75, 3.05) is 32.9 Å². The first-order chi connectivity index (χ1) is 8.73. The molecule has 5 heteroatoms. The smallest absolute Gasteiger partial charge is 0.252 e. The van der Waals surface area contributed by atoms with Crippen LogP contribution >= 0.6 is 15.9 Å². The van der Waals surface area contributed by atoms with Crippen LogP contribution in [0.2, 0.25) is 0 Å². The van der Waals surface area contributed by atoms with Gasteiger partial charge in [0, 0.05) is 18.8 Å². The Hall–Kier alpha value is -1.07. The fraction of sp³-hybridized carbons (Fsp3) is 0.500. The maximum Gasteiger partial charge on any atom is 0.252 e. The molecule has 1 amide bonds. The van der Waals surface area contributed by atoms with Crippen LogP contribution < -0.4 is 11.1 Å². The van der Waals surface area contributed by atoms with E-state index in [0.717, 1.165) is 6.54 Å². The van der Waals surface area contributed by atoms with Crippen molar-refractivity contribution in [3.05, 3.63) is 28.2 Å². The van der Waals surface area contributed by atoms with Gasteiger partial charge in [-0.3, -0.25) is 4.79 Å². The topological polar surface area (TPSA) is 58.4 Å². The largest absolute Gasteiger partial charge is 0.398 e. The highest BCUT2D eigenvalue weighted by atomic mass is 79.9. The maximum atomic E-state index is 12.1. The second kappa shape index (κ2) is 6.39. The zero-order valence-electron chi connectivity index (χ0n) is 12.0. The Morgan fingerprint density at radius 2 is 2.05 bits per heavy atom. The van der Waals surface area contributed by atoms with Gasteiger partial charge < -0.3 is 16.0 Å². The summed E-state index contributed by atoms with van der Waals surface area (Å²) >= 11 is 3.35. The lowest BCUT2D eigenvalue weighted by Crippen LogP contribution is -2.40. The molecule has 1 aromatic carbocycles. The van der Waals surface area contributed by atoms with E-state index in [0.29, 0.717) is 22.3 Å². The first-order valence-electron chi connectivity index (χ1n) is 6.20. The van der Waals surface area contributed by atoms with E-state index < -0.39 is 0 Å². The van der Waals surface area contributed by atoms with Crippen LogP contribution in [0.15, 0.2) is 22.7 Å². The molecule has 0 bridgehead atoms. The number of hydrogen-bond donors (Lipinski definition) is 2. The van der Waals surface area contributed by atoms with Gasteiger partial charge in [0.2, 0.25) is 0 Å². The molecule has 0 fully saturated rings. The first kappa shape index (κ1) is 16.0. The molecule has 0 spiro atoms. The molecule has 1 rings (SSSR count). The van der Waals surface area contributed by atoms with Gasteiger partial charge in [-0.15, -0.1) is 0 Å². The van der Waals surface area contributed by atoms with Gasteiger partial charge in [0.05, 0.1) is 10.0 Å². The average Bonchev–Trinajstić information content (AvgIpc) is 2.28. The minimum atomic E-state index is -0.106. The zero-order chi connectivity index (χ0) is 14.6. The number of benzene rings is 1. The van der Waals surface area contributed by atoms with E-state index in [1.807, 2.05) is 14.1 Å². The van der Waals surface area contributed by atoms with Crippen molar-refractivity contribution in [3.63, 3.8) is 0 Å². The Balaban J connectivity index is 2.68. The molecule has 0 aliphatic heterocycles. The van der Waals surface area contributed by atoms with Crippen molar-refractivity contribution in [1.29, 1.82) is 0 Å². The van der Waals surface area contributed by atoms with Crippen molar-refractivity contribution in [2.24, 2.45) is 5.41 Å². The summed E-state index contributed by atoms with van der Waals surface area (Å²) in [4.78, 5) is 14.3. The van der Waals surface area contributed by atoms with Crippen LogP contribution in [-0.2, 0) is 0 Å². The summed E-state index contributed by atoms with van der Waals surface area (Å²) < 4.78 is 0.651. The van der Waals surface area contributed by atoms with E-state index in [-0.39, 0.29) is 11.3 Å². The highest BCUT2D eigenvalue weighted by Gasteiger charge is 2.21. The Kier molecular flexibility index (Phi) is 5.38. The number of nitrogens with zero attached hydrogens (tertiary/aromatic N) is 1. The summed E-state index contributed by atoms with van der Waals surface area (Å²) in [6.45, 7) is 5.78. The molecular formula is C14H22BrN3O. The number of anilines is 1. The molecule has 1 aromatic rings. The lowest BCUT2D eigenvalue weighted by molar-refractivity contribution is 0.0928. The minimum Gasteiger partial charge on any atom is -0.398 e. The molecule has 0 radical (unpaired) electrons. The number of halogens is 1. The molecular weight excluding hydrogens is 306 g/mol. The van der Waals surface area contributed by atoms with Crippen molar-refractivity contribution >= 4 is 27.5 Å². The van der Waals surface area contributed by atoms with Crippen LogP contribution in [0.4, 0.5) is 5.69 Å². The van der Waals surface area contributed by atoms with E-state index >= 15 is 0 Å². The quantitative estimate of drug-likeness (QED) is 0.816. The van der Waals surface area contributed by atoms with E-state index in [4.69, 9.17) is 5.73 Å². The molecule has 0 saturated carbocycles. The van der Waals surface area contributed by atoms with Crippen molar-refractivity contribution in [2.45, 2.75) is 13.8 Å². The minimum absolute atomic E-state index is 0.0198. The van der Waals surface area contributed by atoms with Crippen LogP contribution in [0.5, 0.6) is 0 Å². The molecule has 0 atom stereocenters. The van der Waals surface area contributed by atoms with Gasteiger partial charge in [-0.05, 0) is 47.6 Å². The highest BCUT2D eigenvalue weighted by Crippen LogP contribution is 2.24. The van der Waals surface area contributed by atoms with Gasteiger partial charge >= 0.3 is 0 Å². The van der Waals surface area contributed by atoms with Crippen molar-refractivity contribution in [1.82, 2.24) is 10.2 Å². The molecule has 3 N–H and O–H groups in total. The predicted molar refractivity (Wildman–Crippen MR) is 83.2 cm³/mol. The van der Waals surface area contributed by atoms with Crippen molar-refractivity contribution in [3.8, 4) is 0 Å². The number of hydrogen-bond acceptors (Lipinski definition) is 3. The molecule has 0 unspecified atom stereocenters. The van der Waals surface area contributed by atoms with Crippen LogP contribution in [0, 0.1) is 5.41 Å². The second-order valence-corrected chi connectivity index (χ2v) is 6.59. The number of carbonyl (C=O) groups excluding carboxylic acids is 1. The van der Waals surface area contributed by atoms with Gasteiger partial charge in [0.15, 0.2) is 0 Å². The Bertz CT molecular complexity index is 458.